The SMILES string of the molecule is CCCSP(=S)(OCC)OC1=C(c2ccc(Cl)cc2)C(=O)CC(C)(C)C1. The minimum absolute atomic E-state index is 0.0807. The summed E-state index contributed by atoms with van der Waals surface area (Å²) in [6, 6.07) is 7.30. The zero-order chi connectivity index (χ0) is 19.4. The Balaban J connectivity index is 2.48. The van der Waals surface area contributed by atoms with Crippen molar-refractivity contribution in [1.29, 1.82) is 0 Å². The second-order valence-electron chi connectivity index (χ2n) is 7.04. The standard InChI is InChI=1S/C19H26ClO3PS2/c1-5-11-26-24(25,22-6-2)23-17-13-19(3,4)12-16(21)18(17)14-7-9-15(20)10-8-14/h7-10H,5-6,11-13H2,1-4H3. The summed E-state index contributed by atoms with van der Waals surface area (Å²) in [5.74, 6) is 1.61. The van der Waals surface area contributed by atoms with Crippen LogP contribution in [-0.4, -0.2) is 18.1 Å². The molecule has 0 fully saturated rings. The minimum atomic E-state index is -2.54. The van der Waals surface area contributed by atoms with E-state index in [0.717, 1.165) is 17.7 Å². The van der Waals surface area contributed by atoms with E-state index in [9.17, 15) is 4.79 Å². The van der Waals surface area contributed by atoms with E-state index in [2.05, 4.69) is 20.8 Å². The lowest BCUT2D eigenvalue weighted by atomic mass is 9.75. The number of rotatable bonds is 8. The van der Waals surface area contributed by atoms with E-state index >= 15 is 0 Å². The third-order valence-electron chi connectivity index (χ3n) is 3.93. The fraction of sp³-hybridized carbons (Fsp3) is 0.526. The number of benzene rings is 1. The molecule has 0 spiro atoms. The maximum absolute atomic E-state index is 12.9. The van der Waals surface area contributed by atoms with Crippen LogP contribution >= 0.6 is 28.7 Å². The Kier molecular flexibility index (Phi) is 7.82. The van der Waals surface area contributed by atoms with Crippen LogP contribution in [0.1, 0.15) is 52.5 Å². The first-order valence-corrected chi connectivity index (χ1v) is 13.4. The molecule has 1 aliphatic rings. The fourth-order valence-electron chi connectivity index (χ4n) is 2.87. The van der Waals surface area contributed by atoms with Crippen molar-refractivity contribution in [2.45, 2.75) is 47.0 Å². The average molecular weight is 433 g/mol. The summed E-state index contributed by atoms with van der Waals surface area (Å²) in [5.41, 5.74) is -1.26. The molecule has 1 aliphatic carbocycles. The molecule has 0 N–H and O–H groups in total. The Morgan fingerprint density at radius 2 is 1.88 bits per heavy atom. The first-order chi connectivity index (χ1) is 12.2. The number of halogens is 1. The van der Waals surface area contributed by atoms with Gasteiger partial charge in [-0.2, -0.15) is 0 Å². The van der Waals surface area contributed by atoms with E-state index in [0.29, 0.717) is 35.8 Å². The highest BCUT2D eigenvalue weighted by Crippen LogP contribution is 2.64. The van der Waals surface area contributed by atoms with E-state index in [-0.39, 0.29) is 11.2 Å². The van der Waals surface area contributed by atoms with Crippen molar-refractivity contribution in [2.24, 2.45) is 5.41 Å². The molecule has 0 saturated heterocycles. The van der Waals surface area contributed by atoms with Crippen LogP contribution in [0.2, 0.25) is 5.02 Å². The predicted octanol–water partition coefficient (Wildman–Crippen LogP) is 6.86. The van der Waals surface area contributed by atoms with Crippen LogP contribution in [0.15, 0.2) is 30.0 Å². The summed E-state index contributed by atoms with van der Waals surface area (Å²) in [6.07, 6.45) is 2.14. The molecule has 0 amide bonds. The highest BCUT2D eigenvalue weighted by molar-refractivity contribution is 8.67. The Hall–Kier alpha value is -0.320. The minimum Gasteiger partial charge on any atom is -0.440 e. The molecule has 1 atom stereocenters. The topological polar surface area (TPSA) is 35.5 Å². The molecule has 0 bridgehead atoms. The van der Waals surface area contributed by atoms with Crippen LogP contribution in [0.5, 0.6) is 0 Å². The zero-order valence-electron chi connectivity index (χ0n) is 15.7. The number of hydrogen-bond donors (Lipinski definition) is 0. The molecular formula is C19H26ClO3PS2. The number of ketones is 1. The summed E-state index contributed by atoms with van der Waals surface area (Å²) >= 11 is 13.3. The highest BCUT2D eigenvalue weighted by atomic mass is 35.5. The molecule has 0 aromatic heterocycles. The van der Waals surface area contributed by atoms with Gasteiger partial charge in [-0.05, 0) is 48.3 Å². The first-order valence-electron chi connectivity index (χ1n) is 8.80. The largest absolute Gasteiger partial charge is 0.440 e. The van der Waals surface area contributed by atoms with Gasteiger partial charge < -0.3 is 9.05 Å². The number of allylic oxidation sites excluding steroid dienone is 2. The second kappa shape index (κ2) is 9.25. The third-order valence-corrected chi connectivity index (χ3v) is 9.63. The van der Waals surface area contributed by atoms with E-state index in [4.69, 9.17) is 32.5 Å². The van der Waals surface area contributed by atoms with Gasteiger partial charge in [0.25, 0.3) is 5.69 Å². The third kappa shape index (κ3) is 5.84. The van der Waals surface area contributed by atoms with Gasteiger partial charge in [0.2, 0.25) is 0 Å². The molecule has 1 unspecified atom stereocenters. The van der Waals surface area contributed by atoms with Crippen molar-refractivity contribution in [3.8, 4) is 0 Å². The first kappa shape index (κ1) is 22.0. The average Bonchev–Trinajstić information content (AvgIpc) is 2.53. The number of carbonyl (C=O) groups excluding carboxylic acids is 1. The predicted molar refractivity (Wildman–Crippen MR) is 116 cm³/mol. The Morgan fingerprint density at radius 1 is 1.23 bits per heavy atom. The van der Waals surface area contributed by atoms with E-state index in [1.54, 1.807) is 23.5 Å². The van der Waals surface area contributed by atoms with Crippen molar-refractivity contribution in [3.63, 3.8) is 0 Å². The van der Waals surface area contributed by atoms with Crippen LogP contribution in [0.3, 0.4) is 0 Å². The Morgan fingerprint density at radius 3 is 2.46 bits per heavy atom. The van der Waals surface area contributed by atoms with Gasteiger partial charge in [-0.15, -0.1) is 0 Å². The Bertz CT molecular complexity index is 729. The molecule has 0 saturated carbocycles. The van der Waals surface area contributed by atoms with E-state index in [1.807, 2.05) is 19.1 Å². The molecule has 1 aromatic carbocycles. The van der Waals surface area contributed by atoms with Gasteiger partial charge in [-0.1, -0.05) is 55.9 Å². The van der Waals surface area contributed by atoms with Gasteiger partial charge in [0, 0.05) is 23.6 Å². The maximum atomic E-state index is 12.9. The van der Waals surface area contributed by atoms with Crippen LogP contribution < -0.4 is 0 Å². The zero-order valence-corrected chi connectivity index (χ0v) is 19.0. The monoisotopic (exact) mass is 432 g/mol. The molecular weight excluding hydrogens is 407 g/mol. The quantitative estimate of drug-likeness (QED) is 0.419. The number of hydrogen-bond acceptors (Lipinski definition) is 5. The van der Waals surface area contributed by atoms with Gasteiger partial charge in [0.1, 0.15) is 5.76 Å². The van der Waals surface area contributed by atoms with Gasteiger partial charge in [-0.3, -0.25) is 4.79 Å². The van der Waals surface area contributed by atoms with E-state index in [1.165, 1.54) is 0 Å². The van der Waals surface area contributed by atoms with Crippen molar-refractivity contribution in [1.82, 2.24) is 0 Å². The summed E-state index contributed by atoms with van der Waals surface area (Å²) in [6.45, 7) is 8.67. The Labute approximate surface area is 170 Å². The lowest BCUT2D eigenvalue weighted by Gasteiger charge is -2.34. The van der Waals surface area contributed by atoms with Gasteiger partial charge in [0.05, 0.1) is 12.2 Å². The molecule has 144 valence electrons. The summed E-state index contributed by atoms with van der Waals surface area (Å²) in [7, 11) is 0. The highest BCUT2D eigenvalue weighted by Gasteiger charge is 2.37. The molecule has 2 rings (SSSR count). The van der Waals surface area contributed by atoms with Gasteiger partial charge in [0.15, 0.2) is 5.78 Å². The summed E-state index contributed by atoms with van der Waals surface area (Å²) in [5, 5.41) is 0.637. The summed E-state index contributed by atoms with van der Waals surface area (Å²) < 4.78 is 12.2. The smallest absolute Gasteiger partial charge is 0.297 e. The van der Waals surface area contributed by atoms with E-state index < -0.39 is 5.69 Å². The number of Topliss-reactive ketones (excluding diaryl/α,β-unsaturated/α-hetero) is 1. The number of carbonyl (C=O) groups is 1. The lowest BCUT2D eigenvalue weighted by Crippen LogP contribution is -2.26. The molecule has 7 heteroatoms. The molecule has 1 aromatic rings. The van der Waals surface area contributed by atoms with Crippen molar-refractivity contribution >= 4 is 51.8 Å². The molecule has 0 heterocycles. The fourth-order valence-corrected chi connectivity index (χ4v) is 7.76. The van der Waals surface area contributed by atoms with Crippen molar-refractivity contribution < 1.29 is 13.8 Å². The normalized spacial score (nSPS) is 19.3. The molecule has 0 radical (unpaired) electrons. The van der Waals surface area contributed by atoms with Crippen LogP contribution in [0, 0.1) is 5.41 Å². The van der Waals surface area contributed by atoms with Crippen LogP contribution in [0.4, 0.5) is 0 Å². The lowest BCUT2D eigenvalue weighted by molar-refractivity contribution is -0.116. The van der Waals surface area contributed by atoms with Gasteiger partial charge >= 0.3 is 0 Å². The maximum Gasteiger partial charge on any atom is 0.297 e. The molecule has 3 nitrogen and oxygen atoms in total. The molecule has 0 aliphatic heterocycles. The van der Waals surface area contributed by atoms with Crippen LogP contribution in [-0.2, 0) is 25.6 Å². The van der Waals surface area contributed by atoms with Crippen LogP contribution in [0.25, 0.3) is 5.57 Å². The molecule has 26 heavy (non-hydrogen) atoms. The van der Waals surface area contributed by atoms with Crippen molar-refractivity contribution in [3.05, 3.63) is 40.6 Å². The summed E-state index contributed by atoms with van der Waals surface area (Å²) in [4.78, 5) is 12.9. The van der Waals surface area contributed by atoms with Gasteiger partial charge in [-0.25, -0.2) is 0 Å². The van der Waals surface area contributed by atoms with Crippen molar-refractivity contribution in [2.75, 3.05) is 12.4 Å². The second-order valence-corrected chi connectivity index (χ2v) is 13.8.